The van der Waals surface area contributed by atoms with E-state index in [1.54, 1.807) is 6.08 Å². The average molecular weight is 447 g/mol. The van der Waals surface area contributed by atoms with Gasteiger partial charge in [0.25, 0.3) is 0 Å². The molecule has 0 aromatic heterocycles. The number of carbonyl (C=O) groups excluding carboxylic acids is 3. The van der Waals surface area contributed by atoms with Gasteiger partial charge in [0.1, 0.15) is 5.78 Å². The molecule has 0 aliphatic carbocycles. The lowest BCUT2D eigenvalue weighted by Gasteiger charge is -2.19. The van der Waals surface area contributed by atoms with Crippen molar-refractivity contribution in [3.63, 3.8) is 0 Å². The van der Waals surface area contributed by atoms with Crippen molar-refractivity contribution in [3.05, 3.63) is 48.6 Å². The summed E-state index contributed by atoms with van der Waals surface area (Å²) in [5, 5.41) is 5.38. The summed E-state index contributed by atoms with van der Waals surface area (Å²) in [5.41, 5.74) is 0.883. The van der Waals surface area contributed by atoms with Gasteiger partial charge in [0.2, 0.25) is 11.8 Å². The Morgan fingerprint density at radius 2 is 1.53 bits per heavy atom. The van der Waals surface area contributed by atoms with Crippen molar-refractivity contribution in [3.8, 4) is 0 Å². The molecule has 32 heavy (non-hydrogen) atoms. The van der Waals surface area contributed by atoms with Gasteiger partial charge in [0.05, 0.1) is 6.54 Å². The third-order valence-corrected chi connectivity index (χ3v) is 3.78. The van der Waals surface area contributed by atoms with Crippen LogP contribution in [0.2, 0.25) is 0 Å². The largest absolute Gasteiger partial charge is 0.350 e. The summed E-state index contributed by atoms with van der Waals surface area (Å²) in [6.45, 7) is 20.4. The summed E-state index contributed by atoms with van der Waals surface area (Å²) in [7, 11) is 0. The molecule has 5 nitrogen and oxygen atoms in total. The molecule has 1 unspecified atom stereocenters. The van der Waals surface area contributed by atoms with Crippen molar-refractivity contribution in [1.29, 1.82) is 0 Å². The van der Waals surface area contributed by atoms with E-state index in [-0.39, 0.29) is 36.0 Å². The van der Waals surface area contributed by atoms with E-state index in [4.69, 9.17) is 0 Å². The average Bonchev–Trinajstić information content (AvgIpc) is 2.70. The van der Waals surface area contributed by atoms with E-state index in [0.717, 1.165) is 11.5 Å². The lowest BCUT2D eigenvalue weighted by atomic mass is 9.86. The van der Waals surface area contributed by atoms with Crippen molar-refractivity contribution in [2.75, 3.05) is 6.54 Å². The second-order valence-electron chi connectivity index (χ2n) is 9.41. The molecule has 2 amide bonds. The highest BCUT2D eigenvalue weighted by molar-refractivity contribution is 5.89. The molecule has 1 aromatic carbocycles. The number of benzene rings is 1. The van der Waals surface area contributed by atoms with Crippen LogP contribution in [-0.4, -0.2) is 24.1 Å². The fourth-order valence-corrected chi connectivity index (χ4v) is 2.59. The van der Waals surface area contributed by atoms with Crippen molar-refractivity contribution in [1.82, 2.24) is 10.6 Å². The molecule has 182 valence electrons. The van der Waals surface area contributed by atoms with E-state index in [9.17, 15) is 14.4 Å². The van der Waals surface area contributed by atoms with E-state index < -0.39 is 5.92 Å². The molecule has 1 aromatic rings. The minimum atomic E-state index is -0.482. The molecular weight excluding hydrogens is 400 g/mol. The van der Waals surface area contributed by atoms with E-state index in [1.165, 1.54) is 0 Å². The van der Waals surface area contributed by atoms with Crippen LogP contribution in [0.5, 0.6) is 0 Å². The van der Waals surface area contributed by atoms with Crippen molar-refractivity contribution in [2.24, 2.45) is 17.3 Å². The quantitative estimate of drug-likeness (QED) is 0.453. The molecule has 0 aliphatic heterocycles. The Hall–Kier alpha value is -2.43. The monoisotopic (exact) mass is 446 g/mol. The van der Waals surface area contributed by atoms with Crippen LogP contribution in [0, 0.1) is 17.3 Å². The first-order valence-electron chi connectivity index (χ1n) is 11.7. The van der Waals surface area contributed by atoms with E-state index in [2.05, 4.69) is 38.0 Å². The van der Waals surface area contributed by atoms with Crippen LogP contribution in [0.3, 0.4) is 0 Å². The zero-order chi connectivity index (χ0) is 25.2. The topological polar surface area (TPSA) is 75.3 Å². The Morgan fingerprint density at radius 1 is 1.00 bits per heavy atom. The number of hydrogen-bond acceptors (Lipinski definition) is 3. The minimum absolute atomic E-state index is 0.0491. The molecule has 1 atom stereocenters. The molecule has 0 saturated heterocycles. The molecule has 0 saturated carbocycles. The number of carbonyl (C=O) groups is 3. The zero-order valence-corrected chi connectivity index (χ0v) is 21.6. The van der Waals surface area contributed by atoms with Crippen LogP contribution in [0.4, 0.5) is 0 Å². The normalized spacial score (nSPS) is 11.2. The molecule has 5 heteroatoms. The predicted molar refractivity (Wildman–Crippen MR) is 135 cm³/mol. The maximum atomic E-state index is 12.3. The number of hydrogen-bond donors (Lipinski definition) is 2. The maximum Gasteiger partial charge on any atom is 0.239 e. The number of nitrogens with one attached hydrogen (secondary N) is 2. The van der Waals surface area contributed by atoms with Gasteiger partial charge in [-0.3, -0.25) is 14.4 Å². The first-order valence-corrected chi connectivity index (χ1v) is 11.7. The summed E-state index contributed by atoms with van der Waals surface area (Å²) in [4.78, 5) is 36.4. The summed E-state index contributed by atoms with van der Waals surface area (Å²) in [6.07, 6.45) is 2.63. The zero-order valence-electron chi connectivity index (χ0n) is 21.6. The van der Waals surface area contributed by atoms with Crippen LogP contribution in [-0.2, 0) is 20.9 Å². The summed E-state index contributed by atoms with van der Waals surface area (Å²) < 4.78 is 0. The van der Waals surface area contributed by atoms with Gasteiger partial charge in [-0.15, -0.1) is 6.58 Å². The van der Waals surface area contributed by atoms with Gasteiger partial charge in [-0.05, 0) is 23.3 Å². The molecule has 0 bridgehead atoms. The SMILES string of the molecule is C=CCC(CC(=O)CC(C)(C)C)C(=O)NCC(=O)NCc1ccccc1.CC.CC(C)C. The van der Waals surface area contributed by atoms with Gasteiger partial charge in [-0.2, -0.15) is 0 Å². The molecule has 0 spiro atoms. The number of amides is 2. The third kappa shape index (κ3) is 19.5. The van der Waals surface area contributed by atoms with Gasteiger partial charge >= 0.3 is 0 Å². The van der Waals surface area contributed by atoms with Crippen LogP contribution in [0.25, 0.3) is 0 Å². The van der Waals surface area contributed by atoms with Crippen molar-refractivity contribution in [2.45, 2.75) is 81.2 Å². The highest BCUT2D eigenvalue weighted by atomic mass is 16.2. The van der Waals surface area contributed by atoms with E-state index in [1.807, 2.05) is 65.0 Å². The number of Topliss-reactive ketones (excluding diaryl/α,β-unsaturated/α-hetero) is 1. The number of allylic oxidation sites excluding steroid dienone is 1. The Balaban J connectivity index is 0. The highest BCUT2D eigenvalue weighted by Crippen LogP contribution is 2.22. The van der Waals surface area contributed by atoms with Crippen LogP contribution in [0.15, 0.2) is 43.0 Å². The van der Waals surface area contributed by atoms with Gasteiger partial charge in [-0.1, -0.05) is 91.8 Å². The lowest BCUT2D eigenvalue weighted by molar-refractivity contribution is -0.131. The van der Waals surface area contributed by atoms with Crippen molar-refractivity contribution >= 4 is 17.6 Å². The Morgan fingerprint density at radius 3 is 2.00 bits per heavy atom. The number of ketones is 1. The van der Waals surface area contributed by atoms with Crippen LogP contribution in [0.1, 0.15) is 80.2 Å². The molecule has 0 fully saturated rings. The van der Waals surface area contributed by atoms with E-state index >= 15 is 0 Å². The van der Waals surface area contributed by atoms with E-state index in [0.29, 0.717) is 19.4 Å². The first-order chi connectivity index (χ1) is 14.9. The van der Waals surface area contributed by atoms with Gasteiger partial charge in [-0.25, -0.2) is 0 Å². The molecular formula is C27H46N2O3. The Labute approximate surface area is 196 Å². The first kappa shape index (κ1) is 31.8. The maximum absolute atomic E-state index is 12.3. The molecule has 0 radical (unpaired) electrons. The minimum Gasteiger partial charge on any atom is -0.350 e. The summed E-state index contributed by atoms with van der Waals surface area (Å²) in [6, 6.07) is 9.54. The third-order valence-electron chi connectivity index (χ3n) is 3.78. The summed E-state index contributed by atoms with van der Waals surface area (Å²) >= 11 is 0. The molecule has 0 heterocycles. The van der Waals surface area contributed by atoms with Crippen molar-refractivity contribution < 1.29 is 14.4 Å². The highest BCUT2D eigenvalue weighted by Gasteiger charge is 2.24. The second kappa shape index (κ2) is 18.2. The van der Waals surface area contributed by atoms with Gasteiger partial charge in [0, 0.05) is 25.3 Å². The molecule has 2 N–H and O–H groups in total. The fraction of sp³-hybridized carbons (Fsp3) is 0.593. The Bertz CT molecular complexity index is 658. The Kier molecular flexibility index (Phi) is 18.0. The van der Waals surface area contributed by atoms with Crippen LogP contribution < -0.4 is 10.6 Å². The smallest absolute Gasteiger partial charge is 0.239 e. The lowest BCUT2D eigenvalue weighted by Crippen LogP contribution is -2.40. The number of rotatable bonds is 10. The predicted octanol–water partition coefficient (Wildman–Crippen LogP) is 5.70. The second-order valence-corrected chi connectivity index (χ2v) is 9.41. The van der Waals surface area contributed by atoms with Gasteiger partial charge in [0.15, 0.2) is 0 Å². The fourth-order valence-electron chi connectivity index (χ4n) is 2.59. The van der Waals surface area contributed by atoms with Crippen LogP contribution >= 0.6 is 0 Å². The molecule has 0 aliphatic rings. The molecule has 1 rings (SSSR count). The van der Waals surface area contributed by atoms with Gasteiger partial charge < -0.3 is 10.6 Å². The standard InChI is InChI=1S/C21H30N2O3.C4H10.C2H6/c1-5-9-17(12-18(24)13-21(2,3)4)20(26)23-15-19(25)22-14-16-10-7-6-8-11-16;1-4(2)3;1-2/h5-8,10-11,17H,1,9,12-15H2,2-4H3,(H,22,25)(H,23,26);4H,1-3H3;1-2H3. The summed E-state index contributed by atoms with van der Waals surface area (Å²) in [5.74, 6) is -0.153.